The van der Waals surface area contributed by atoms with E-state index >= 15 is 0 Å². The first-order chi connectivity index (χ1) is 17.9. The van der Waals surface area contributed by atoms with E-state index in [0.717, 1.165) is 19.3 Å². The molecule has 0 aliphatic heterocycles. The third-order valence-electron chi connectivity index (χ3n) is 6.78. The van der Waals surface area contributed by atoms with Gasteiger partial charge in [0.2, 0.25) is 0 Å². The second-order valence-electron chi connectivity index (χ2n) is 9.38. The van der Waals surface area contributed by atoms with Crippen LogP contribution in [0.4, 0.5) is 32.0 Å². The predicted molar refractivity (Wildman–Crippen MR) is 145 cm³/mol. The van der Waals surface area contributed by atoms with Crippen molar-refractivity contribution < 1.29 is 26.3 Å². The molecule has 3 aromatic carbocycles. The molecule has 1 fully saturated rings. The number of halogens is 6. The first-order valence-corrected chi connectivity index (χ1v) is 14.0. The minimum Gasteiger partial charge on any atom is -0.360 e. The van der Waals surface area contributed by atoms with E-state index in [4.69, 9.17) is 12.2 Å². The highest BCUT2D eigenvalue weighted by molar-refractivity contribution is 7.80. The largest absolute Gasteiger partial charge is 0.416 e. The van der Waals surface area contributed by atoms with Crippen molar-refractivity contribution in [3.05, 3.63) is 90.0 Å². The highest BCUT2D eigenvalue weighted by Crippen LogP contribution is 2.51. The molecule has 1 aliphatic carbocycles. The SMILES string of the molecule is C[C@@H](NC(=S)Nc1cc(C(F)(F)F)cc(C(F)(F)F)c1)C1CCCC1P(c1ccccc1)c1ccccc1. The Labute approximate surface area is 224 Å². The highest BCUT2D eigenvalue weighted by Gasteiger charge is 2.39. The Morgan fingerprint density at radius 3 is 1.79 bits per heavy atom. The van der Waals surface area contributed by atoms with Crippen LogP contribution in [0.5, 0.6) is 0 Å². The molecular formula is C28H27F6N2PS. The van der Waals surface area contributed by atoms with Crippen molar-refractivity contribution in [1.82, 2.24) is 5.32 Å². The van der Waals surface area contributed by atoms with Gasteiger partial charge < -0.3 is 10.6 Å². The second-order valence-corrected chi connectivity index (χ2v) is 12.2. The van der Waals surface area contributed by atoms with E-state index in [2.05, 4.69) is 34.9 Å². The summed E-state index contributed by atoms with van der Waals surface area (Å²) in [4.78, 5) is 0. The summed E-state index contributed by atoms with van der Waals surface area (Å²) in [6, 6.07) is 21.9. The molecule has 2 unspecified atom stereocenters. The predicted octanol–water partition coefficient (Wildman–Crippen LogP) is 7.70. The minimum absolute atomic E-state index is 0.0145. The first-order valence-electron chi connectivity index (χ1n) is 12.2. The molecule has 0 amide bonds. The summed E-state index contributed by atoms with van der Waals surface area (Å²) in [7, 11) is -0.685. The summed E-state index contributed by atoms with van der Waals surface area (Å²) in [5.41, 5.74) is -2.81. The van der Waals surface area contributed by atoms with Gasteiger partial charge in [-0.1, -0.05) is 67.1 Å². The van der Waals surface area contributed by atoms with Gasteiger partial charge in [0.25, 0.3) is 0 Å². The van der Waals surface area contributed by atoms with Gasteiger partial charge in [-0.3, -0.25) is 0 Å². The van der Waals surface area contributed by atoms with Gasteiger partial charge in [0, 0.05) is 11.7 Å². The molecular weight excluding hydrogens is 541 g/mol. The monoisotopic (exact) mass is 568 g/mol. The lowest BCUT2D eigenvalue weighted by atomic mass is 9.99. The maximum Gasteiger partial charge on any atom is 0.416 e. The van der Waals surface area contributed by atoms with E-state index in [-0.39, 0.29) is 28.8 Å². The van der Waals surface area contributed by atoms with Crippen LogP contribution in [-0.4, -0.2) is 16.8 Å². The van der Waals surface area contributed by atoms with Crippen molar-refractivity contribution in [1.29, 1.82) is 0 Å². The van der Waals surface area contributed by atoms with E-state index in [1.807, 2.05) is 43.3 Å². The summed E-state index contributed by atoms with van der Waals surface area (Å²) >= 11 is 5.33. The standard InChI is InChI=1S/C28H27F6N2PS/c1-18(35-26(38)36-21-16-19(27(29,30)31)15-20(17-21)28(32,33)34)24-13-8-14-25(24)37(22-9-4-2-5-10-22)23-11-6-3-7-12-23/h2-7,9-12,15-18,24-25H,8,13-14H2,1H3,(H2,35,36,38)/t18-,24?,25?/m1/s1. The van der Waals surface area contributed by atoms with Gasteiger partial charge in [0.1, 0.15) is 0 Å². The molecule has 1 saturated carbocycles. The average molecular weight is 569 g/mol. The third-order valence-corrected chi connectivity index (χ3v) is 10.0. The van der Waals surface area contributed by atoms with E-state index in [0.29, 0.717) is 17.8 Å². The second kappa shape index (κ2) is 11.6. The Morgan fingerprint density at radius 2 is 1.32 bits per heavy atom. The molecule has 1 aliphatic rings. The normalized spacial score (nSPS) is 18.8. The summed E-state index contributed by atoms with van der Waals surface area (Å²) in [6.07, 6.45) is -6.86. The smallest absolute Gasteiger partial charge is 0.360 e. The van der Waals surface area contributed by atoms with Gasteiger partial charge >= 0.3 is 12.4 Å². The molecule has 0 radical (unpaired) electrons. The molecule has 10 heteroatoms. The van der Waals surface area contributed by atoms with Crippen LogP contribution in [0.15, 0.2) is 78.9 Å². The molecule has 2 nitrogen and oxygen atoms in total. The van der Waals surface area contributed by atoms with Gasteiger partial charge in [-0.05, 0) is 80.3 Å². The maximum atomic E-state index is 13.2. The molecule has 0 aromatic heterocycles. The topological polar surface area (TPSA) is 24.1 Å². The van der Waals surface area contributed by atoms with E-state index in [1.165, 1.54) is 10.6 Å². The van der Waals surface area contributed by atoms with E-state index in [9.17, 15) is 26.3 Å². The summed E-state index contributed by atoms with van der Waals surface area (Å²) < 4.78 is 79.5. The Morgan fingerprint density at radius 1 is 0.816 bits per heavy atom. The van der Waals surface area contributed by atoms with E-state index < -0.39 is 31.4 Å². The summed E-state index contributed by atoms with van der Waals surface area (Å²) in [6.45, 7) is 1.97. The number of alkyl halides is 6. The zero-order valence-corrected chi connectivity index (χ0v) is 22.2. The van der Waals surface area contributed by atoms with Gasteiger partial charge in [-0.25, -0.2) is 0 Å². The molecule has 0 saturated heterocycles. The van der Waals surface area contributed by atoms with Crippen molar-refractivity contribution in [2.75, 3.05) is 5.32 Å². The zero-order chi connectivity index (χ0) is 27.5. The zero-order valence-electron chi connectivity index (χ0n) is 20.5. The molecule has 4 rings (SSSR count). The van der Waals surface area contributed by atoms with Crippen molar-refractivity contribution in [3.8, 4) is 0 Å². The lowest BCUT2D eigenvalue weighted by Gasteiger charge is -2.34. The molecule has 3 atom stereocenters. The number of nitrogens with one attached hydrogen (secondary N) is 2. The Bertz CT molecular complexity index is 1160. The fraction of sp³-hybridized carbons (Fsp3) is 0.321. The van der Waals surface area contributed by atoms with Crippen LogP contribution in [0, 0.1) is 5.92 Å². The number of anilines is 1. The maximum absolute atomic E-state index is 13.2. The molecule has 2 N–H and O–H groups in total. The Hall–Kier alpha value is -2.64. The lowest BCUT2D eigenvalue weighted by Crippen LogP contribution is -2.43. The number of hydrogen-bond acceptors (Lipinski definition) is 1. The first kappa shape index (κ1) is 28.4. The summed E-state index contributed by atoms with van der Waals surface area (Å²) in [5, 5.41) is 8.21. The Balaban J connectivity index is 1.53. The van der Waals surface area contributed by atoms with Crippen molar-refractivity contribution in [3.63, 3.8) is 0 Å². The lowest BCUT2D eigenvalue weighted by molar-refractivity contribution is -0.143. The molecule has 0 spiro atoms. The van der Waals surface area contributed by atoms with Crippen molar-refractivity contribution in [2.45, 2.75) is 50.2 Å². The van der Waals surface area contributed by atoms with Crippen molar-refractivity contribution in [2.24, 2.45) is 5.92 Å². The average Bonchev–Trinajstić information content (AvgIpc) is 3.34. The molecule has 3 aromatic rings. The van der Waals surface area contributed by atoms with Crippen LogP contribution >= 0.6 is 20.1 Å². The van der Waals surface area contributed by atoms with Crippen LogP contribution in [0.2, 0.25) is 0 Å². The molecule has 0 bridgehead atoms. The van der Waals surface area contributed by atoms with Gasteiger partial charge in [-0.15, -0.1) is 0 Å². The number of thiocarbonyl (C=S) groups is 1. The molecule has 38 heavy (non-hydrogen) atoms. The number of hydrogen-bond donors (Lipinski definition) is 2. The fourth-order valence-corrected chi connectivity index (χ4v) is 8.68. The van der Waals surface area contributed by atoms with Crippen LogP contribution in [0.25, 0.3) is 0 Å². The molecule has 0 heterocycles. The van der Waals surface area contributed by atoms with Crippen LogP contribution < -0.4 is 21.2 Å². The van der Waals surface area contributed by atoms with Crippen LogP contribution in [0.3, 0.4) is 0 Å². The van der Waals surface area contributed by atoms with Crippen LogP contribution in [-0.2, 0) is 12.4 Å². The number of rotatable bonds is 6. The van der Waals surface area contributed by atoms with Gasteiger partial charge in [0.05, 0.1) is 11.1 Å². The molecule has 202 valence electrons. The van der Waals surface area contributed by atoms with Crippen molar-refractivity contribution >= 4 is 41.5 Å². The summed E-state index contributed by atoms with van der Waals surface area (Å²) in [5.74, 6) is 0.216. The quantitative estimate of drug-likeness (QED) is 0.181. The van der Waals surface area contributed by atoms with Crippen LogP contribution in [0.1, 0.15) is 37.3 Å². The van der Waals surface area contributed by atoms with Gasteiger partial charge in [-0.2, -0.15) is 26.3 Å². The fourth-order valence-electron chi connectivity index (χ4n) is 5.09. The third kappa shape index (κ3) is 6.86. The van der Waals surface area contributed by atoms with Gasteiger partial charge in [0.15, 0.2) is 5.11 Å². The highest BCUT2D eigenvalue weighted by atomic mass is 32.1. The van der Waals surface area contributed by atoms with E-state index in [1.54, 1.807) is 0 Å². The number of benzene rings is 3. The Kier molecular flexibility index (Phi) is 8.68. The minimum atomic E-state index is -4.93.